The molecule has 0 atom stereocenters. The quantitative estimate of drug-likeness (QED) is 0.646. The molecule has 0 spiro atoms. The molecule has 3 rings (SSSR count). The lowest BCUT2D eigenvalue weighted by molar-refractivity contribution is 0.171. The van der Waals surface area contributed by atoms with Crippen LogP contribution in [0.4, 0.5) is 0 Å². The molecule has 1 heterocycles. The third kappa shape index (κ3) is 4.32. The number of hydrogen-bond acceptors (Lipinski definition) is 3. The van der Waals surface area contributed by atoms with Crippen molar-refractivity contribution in [1.82, 2.24) is 5.32 Å². The van der Waals surface area contributed by atoms with Crippen LogP contribution >= 0.6 is 11.6 Å². The Morgan fingerprint density at radius 1 is 1.12 bits per heavy atom. The number of nitrogens with zero attached hydrogens (tertiary/aromatic N) is 1. The van der Waals surface area contributed by atoms with Crippen LogP contribution in [0.2, 0.25) is 5.02 Å². The number of halogens is 1. The van der Waals surface area contributed by atoms with Gasteiger partial charge in [0.25, 0.3) is 0 Å². The van der Waals surface area contributed by atoms with Gasteiger partial charge in [0.2, 0.25) is 0 Å². The summed E-state index contributed by atoms with van der Waals surface area (Å²) in [6.45, 7) is 2.21. The highest BCUT2D eigenvalue weighted by molar-refractivity contribution is 6.32. The summed E-state index contributed by atoms with van der Waals surface area (Å²) < 4.78 is 11.1. The molecule has 1 aliphatic heterocycles. The first kappa shape index (κ1) is 16.5. The van der Waals surface area contributed by atoms with Crippen molar-refractivity contribution >= 4 is 17.6 Å². The molecule has 0 unspecified atom stereocenters. The number of hydrogen-bond donors (Lipinski definition) is 2. The molecule has 2 aromatic rings. The predicted molar refractivity (Wildman–Crippen MR) is 95.9 cm³/mol. The van der Waals surface area contributed by atoms with Crippen molar-refractivity contribution in [2.75, 3.05) is 19.8 Å². The number of ether oxygens (including phenoxy) is 2. The van der Waals surface area contributed by atoms with Gasteiger partial charge in [-0.15, -0.1) is 0 Å². The molecule has 0 aliphatic carbocycles. The molecule has 0 amide bonds. The van der Waals surface area contributed by atoms with Gasteiger partial charge in [0.05, 0.1) is 11.6 Å². The van der Waals surface area contributed by atoms with E-state index in [1.165, 1.54) is 5.56 Å². The van der Waals surface area contributed by atoms with Crippen LogP contribution in [0.15, 0.2) is 47.5 Å². The number of fused-ring (bicyclic) bond motifs is 1. The number of guanidine groups is 1. The van der Waals surface area contributed by atoms with Crippen LogP contribution in [0.5, 0.6) is 11.5 Å². The van der Waals surface area contributed by atoms with Gasteiger partial charge in [-0.1, -0.05) is 41.9 Å². The number of benzene rings is 2. The molecule has 5 nitrogen and oxygen atoms in total. The van der Waals surface area contributed by atoms with E-state index in [2.05, 4.69) is 22.4 Å². The van der Waals surface area contributed by atoms with Gasteiger partial charge < -0.3 is 20.5 Å². The Morgan fingerprint density at radius 3 is 2.75 bits per heavy atom. The standard InChI is InChI=1S/C18H20ClN3O2/c19-15-10-14(11-16-17(15)24-9-8-23-16)12-22-18(20)21-7-6-13-4-2-1-3-5-13/h1-5,10-11H,6-9,12H2,(H3,20,21,22). The summed E-state index contributed by atoms with van der Waals surface area (Å²) >= 11 is 6.21. The Hall–Kier alpha value is -2.40. The molecule has 0 fully saturated rings. The zero-order chi connectivity index (χ0) is 16.8. The van der Waals surface area contributed by atoms with E-state index in [4.69, 9.17) is 26.8 Å². The van der Waals surface area contributed by atoms with Crippen LogP contribution < -0.4 is 20.5 Å². The van der Waals surface area contributed by atoms with Gasteiger partial charge in [0, 0.05) is 6.54 Å². The fraction of sp³-hybridized carbons (Fsp3) is 0.278. The normalized spacial score (nSPS) is 13.6. The average molecular weight is 346 g/mol. The number of nitrogens with one attached hydrogen (secondary N) is 1. The molecule has 0 radical (unpaired) electrons. The van der Waals surface area contributed by atoms with Crippen molar-refractivity contribution in [3.8, 4) is 11.5 Å². The van der Waals surface area contributed by atoms with Gasteiger partial charge in [-0.05, 0) is 29.7 Å². The van der Waals surface area contributed by atoms with E-state index >= 15 is 0 Å². The summed E-state index contributed by atoms with van der Waals surface area (Å²) in [7, 11) is 0. The summed E-state index contributed by atoms with van der Waals surface area (Å²) in [6.07, 6.45) is 0.896. The number of rotatable bonds is 5. The largest absolute Gasteiger partial charge is 0.486 e. The van der Waals surface area contributed by atoms with E-state index in [0.717, 1.165) is 18.5 Å². The third-order valence-corrected chi connectivity index (χ3v) is 3.93. The van der Waals surface area contributed by atoms with Gasteiger partial charge in [0.15, 0.2) is 17.5 Å². The Morgan fingerprint density at radius 2 is 1.92 bits per heavy atom. The van der Waals surface area contributed by atoms with E-state index in [9.17, 15) is 0 Å². The second-order valence-electron chi connectivity index (χ2n) is 5.47. The van der Waals surface area contributed by atoms with Crippen molar-refractivity contribution in [2.45, 2.75) is 13.0 Å². The molecule has 126 valence electrons. The molecule has 1 aliphatic rings. The van der Waals surface area contributed by atoms with Crippen molar-refractivity contribution in [3.63, 3.8) is 0 Å². The van der Waals surface area contributed by atoms with Crippen molar-refractivity contribution < 1.29 is 9.47 Å². The highest BCUT2D eigenvalue weighted by Crippen LogP contribution is 2.38. The van der Waals surface area contributed by atoms with Crippen LogP contribution in [0.3, 0.4) is 0 Å². The molecule has 2 aromatic carbocycles. The molecule has 0 saturated heterocycles. The first-order valence-electron chi connectivity index (χ1n) is 7.88. The fourth-order valence-electron chi connectivity index (χ4n) is 2.47. The minimum atomic E-state index is 0.414. The summed E-state index contributed by atoms with van der Waals surface area (Å²) in [4.78, 5) is 4.34. The molecule has 0 aromatic heterocycles. The topological polar surface area (TPSA) is 68.9 Å². The summed E-state index contributed by atoms with van der Waals surface area (Å²) in [6, 6.07) is 14.0. The summed E-state index contributed by atoms with van der Waals surface area (Å²) in [5.41, 5.74) is 8.10. The van der Waals surface area contributed by atoms with Crippen LogP contribution in [-0.2, 0) is 13.0 Å². The lowest BCUT2D eigenvalue weighted by Crippen LogP contribution is -2.33. The predicted octanol–water partition coefficient (Wildman–Crippen LogP) is 2.76. The van der Waals surface area contributed by atoms with E-state index in [1.807, 2.05) is 30.3 Å². The van der Waals surface area contributed by atoms with Crippen molar-refractivity contribution in [2.24, 2.45) is 10.7 Å². The lowest BCUT2D eigenvalue weighted by Gasteiger charge is -2.20. The van der Waals surface area contributed by atoms with Crippen LogP contribution in [-0.4, -0.2) is 25.7 Å². The van der Waals surface area contributed by atoms with Crippen LogP contribution in [0, 0.1) is 0 Å². The maximum Gasteiger partial charge on any atom is 0.188 e. The highest BCUT2D eigenvalue weighted by Gasteiger charge is 2.16. The molecule has 24 heavy (non-hydrogen) atoms. The second-order valence-corrected chi connectivity index (χ2v) is 5.87. The lowest BCUT2D eigenvalue weighted by atomic mass is 10.1. The van der Waals surface area contributed by atoms with E-state index in [-0.39, 0.29) is 0 Å². The monoisotopic (exact) mass is 345 g/mol. The van der Waals surface area contributed by atoms with E-state index < -0.39 is 0 Å². The summed E-state index contributed by atoms with van der Waals surface area (Å²) in [5, 5.41) is 3.65. The number of aliphatic imine (C=N–C) groups is 1. The van der Waals surface area contributed by atoms with Crippen LogP contribution in [0.1, 0.15) is 11.1 Å². The average Bonchev–Trinajstić information content (AvgIpc) is 2.61. The second kappa shape index (κ2) is 7.93. The first-order chi connectivity index (χ1) is 11.7. The number of nitrogens with two attached hydrogens (primary N) is 1. The highest BCUT2D eigenvalue weighted by atomic mass is 35.5. The molecular formula is C18H20ClN3O2. The minimum absolute atomic E-state index is 0.414. The Labute approximate surface area is 146 Å². The molecule has 0 bridgehead atoms. The van der Waals surface area contributed by atoms with Gasteiger partial charge in [-0.2, -0.15) is 0 Å². The Kier molecular flexibility index (Phi) is 5.43. The summed E-state index contributed by atoms with van der Waals surface area (Å²) in [5.74, 6) is 1.68. The fourth-order valence-corrected chi connectivity index (χ4v) is 2.76. The van der Waals surface area contributed by atoms with Gasteiger partial charge >= 0.3 is 0 Å². The first-order valence-corrected chi connectivity index (χ1v) is 8.26. The molecular weight excluding hydrogens is 326 g/mol. The van der Waals surface area contributed by atoms with E-state index in [1.54, 1.807) is 0 Å². The van der Waals surface area contributed by atoms with Crippen LogP contribution in [0.25, 0.3) is 0 Å². The minimum Gasteiger partial charge on any atom is -0.486 e. The molecule has 3 N–H and O–H groups in total. The van der Waals surface area contributed by atoms with Crippen molar-refractivity contribution in [1.29, 1.82) is 0 Å². The molecule has 0 saturated carbocycles. The van der Waals surface area contributed by atoms with E-state index in [0.29, 0.717) is 42.2 Å². The smallest absolute Gasteiger partial charge is 0.188 e. The maximum absolute atomic E-state index is 6.21. The van der Waals surface area contributed by atoms with Crippen molar-refractivity contribution in [3.05, 3.63) is 58.6 Å². The Bertz CT molecular complexity index is 720. The third-order valence-electron chi connectivity index (χ3n) is 3.65. The zero-order valence-electron chi connectivity index (χ0n) is 13.3. The maximum atomic E-state index is 6.21. The Balaban J connectivity index is 1.54. The molecule has 6 heteroatoms. The SMILES string of the molecule is NC(=NCc1cc(Cl)c2c(c1)OCCO2)NCCc1ccccc1. The van der Waals surface area contributed by atoms with Gasteiger partial charge in [-0.3, -0.25) is 0 Å². The zero-order valence-corrected chi connectivity index (χ0v) is 14.1. The van der Waals surface area contributed by atoms with Gasteiger partial charge in [-0.25, -0.2) is 4.99 Å². The van der Waals surface area contributed by atoms with Gasteiger partial charge in [0.1, 0.15) is 13.2 Å².